The number of benzene rings is 3. The molecule has 1 atom stereocenters. The molecule has 7 nitrogen and oxygen atoms in total. The van der Waals surface area contributed by atoms with Gasteiger partial charge in [-0.1, -0.05) is 41.9 Å². The number of aliphatic hydroxyl groups is 1. The molecule has 1 aliphatic rings. The van der Waals surface area contributed by atoms with E-state index in [1.165, 1.54) is 26.2 Å². The summed E-state index contributed by atoms with van der Waals surface area (Å²) in [5, 5.41) is 11.7. The van der Waals surface area contributed by atoms with E-state index in [1.54, 1.807) is 36.4 Å². The maximum Gasteiger partial charge on any atom is 0.295 e. The first-order valence-corrected chi connectivity index (χ1v) is 11.2. The summed E-state index contributed by atoms with van der Waals surface area (Å²) in [6.07, 6.45) is 0. The third-order valence-corrected chi connectivity index (χ3v) is 6.11. The molecular weight excluding hydrogens is 470 g/mol. The van der Waals surface area contributed by atoms with Crippen molar-refractivity contribution in [2.45, 2.75) is 12.6 Å². The number of ketones is 1. The van der Waals surface area contributed by atoms with Crippen molar-refractivity contribution in [1.29, 1.82) is 0 Å². The number of halogens is 1. The van der Waals surface area contributed by atoms with Gasteiger partial charge in [-0.2, -0.15) is 0 Å². The summed E-state index contributed by atoms with van der Waals surface area (Å²) in [7, 11) is 4.45. The van der Waals surface area contributed by atoms with E-state index in [0.717, 1.165) is 5.56 Å². The van der Waals surface area contributed by atoms with Crippen molar-refractivity contribution in [1.82, 2.24) is 4.90 Å². The summed E-state index contributed by atoms with van der Waals surface area (Å²) in [6.45, 7) is 0.157. The van der Waals surface area contributed by atoms with Gasteiger partial charge in [0, 0.05) is 17.1 Å². The molecule has 1 aliphatic heterocycles. The third kappa shape index (κ3) is 4.55. The predicted molar refractivity (Wildman–Crippen MR) is 132 cm³/mol. The average molecular weight is 494 g/mol. The Balaban J connectivity index is 1.94. The predicted octanol–water partition coefficient (Wildman–Crippen LogP) is 4.99. The molecule has 180 valence electrons. The fourth-order valence-electron chi connectivity index (χ4n) is 4.19. The number of likely N-dealkylation sites (tertiary alicyclic amines) is 1. The molecule has 0 bridgehead atoms. The van der Waals surface area contributed by atoms with Gasteiger partial charge in [0.1, 0.15) is 5.76 Å². The maximum absolute atomic E-state index is 13.3. The normalized spacial score (nSPS) is 16.9. The van der Waals surface area contributed by atoms with Crippen LogP contribution in [0.25, 0.3) is 5.76 Å². The molecule has 1 unspecified atom stereocenters. The summed E-state index contributed by atoms with van der Waals surface area (Å²) in [6, 6.07) is 18.1. The molecule has 0 saturated carbocycles. The molecule has 4 rings (SSSR count). The quantitative estimate of drug-likeness (QED) is 0.283. The van der Waals surface area contributed by atoms with Crippen molar-refractivity contribution >= 4 is 29.1 Å². The van der Waals surface area contributed by atoms with Gasteiger partial charge in [0.25, 0.3) is 11.7 Å². The van der Waals surface area contributed by atoms with Gasteiger partial charge < -0.3 is 24.2 Å². The molecule has 3 aromatic rings. The van der Waals surface area contributed by atoms with Crippen LogP contribution in [-0.4, -0.2) is 43.0 Å². The lowest BCUT2D eigenvalue weighted by atomic mass is 9.94. The molecule has 1 heterocycles. The van der Waals surface area contributed by atoms with E-state index in [2.05, 4.69) is 0 Å². The Kier molecular flexibility index (Phi) is 6.98. The minimum Gasteiger partial charge on any atom is -0.507 e. The molecule has 1 N–H and O–H groups in total. The van der Waals surface area contributed by atoms with Crippen molar-refractivity contribution in [2.24, 2.45) is 0 Å². The van der Waals surface area contributed by atoms with Crippen LogP contribution in [0.1, 0.15) is 22.7 Å². The second-order valence-corrected chi connectivity index (χ2v) is 8.31. The fourth-order valence-corrected chi connectivity index (χ4v) is 4.32. The van der Waals surface area contributed by atoms with Crippen LogP contribution in [0.2, 0.25) is 5.02 Å². The van der Waals surface area contributed by atoms with Gasteiger partial charge in [0.15, 0.2) is 11.5 Å². The van der Waals surface area contributed by atoms with Crippen molar-refractivity contribution in [3.8, 4) is 17.2 Å². The van der Waals surface area contributed by atoms with Gasteiger partial charge in [-0.15, -0.1) is 0 Å². The molecule has 0 aliphatic carbocycles. The van der Waals surface area contributed by atoms with Crippen LogP contribution >= 0.6 is 11.6 Å². The first-order valence-electron chi connectivity index (χ1n) is 10.8. The van der Waals surface area contributed by atoms with E-state index in [1.807, 2.05) is 30.3 Å². The van der Waals surface area contributed by atoms with Crippen LogP contribution in [-0.2, 0) is 16.1 Å². The summed E-state index contributed by atoms with van der Waals surface area (Å²) in [4.78, 5) is 28.0. The maximum atomic E-state index is 13.3. The highest BCUT2D eigenvalue weighted by molar-refractivity contribution is 6.46. The van der Waals surface area contributed by atoms with Crippen LogP contribution in [0.5, 0.6) is 17.2 Å². The van der Waals surface area contributed by atoms with Gasteiger partial charge in [-0.25, -0.2) is 0 Å². The van der Waals surface area contributed by atoms with E-state index in [4.69, 9.17) is 25.8 Å². The lowest BCUT2D eigenvalue weighted by molar-refractivity contribution is -0.140. The van der Waals surface area contributed by atoms with E-state index in [-0.39, 0.29) is 17.9 Å². The van der Waals surface area contributed by atoms with Gasteiger partial charge >= 0.3 is 0 Å². The molecule has 1 amide bonds. The Labute approximate surface area is 208 Å². The zero-order valence-corrected chi connectivity index (χ0v) is 20.2. The smallest absolute Gasteiger partial charge is 0.295 e. The molecule has 35 heavy (non-hydrogen) atoms. The number of rotatable bonds is 7. The topological polar surface area (TPSA) is 85.3 Å². The fraction of sp³-hybridized carbons (Fsp3) is 0.185. The van der Waals surface area contributed by atoms with E-state index in [0.29, 0.717) is 33.4 Å². The largest absolute Gasteiger partial charge is 0.507 e. The Morgan fingerprint density at radius 1 is 0.914 bits per heavy atom. The monoisotopic (exact) mass is 493 g/mol. The van der Waals surface area contributed by atoms with Gasteiger partial charge in [-0.05, 0) is 47.5 Å². The van der Waals surface area contributed by atoms with Crippen LogP contribution in [0.3, 0.4) is 0 Å². The number of nitrogens with zero attached hydrogens (tertiary/aromatic N) is 1. The standard InChI is InChI=1S/C27H24ClNO6/c1-33-20-13-18(14-21(34-2)26(20)35-3)23-22(24(30)17-9-11-19(28)12-10-17)25(31)27(32)29(23)15-16-7-5-4-6-8-16/h4-14,23,30H,15H2,1-3H3/b24-22+. The van der Waals surface area contributed by atoms with Crippen molar-refractivity contribution in [3.63, 3.8) is 0 Å². The van der Waals surface area contributed by atoms with E-state index < -0.39 is 17.7 Å². The number of aliphatic hydroxyl groups excluding tert-OH is 1. The number of hydrogen-bond donors (Lipinski definition) is 1. The van der Waals surface area contributed by atoms with Crippen LogP contribution in [0.15, 0.2) is 72.3 Å². The first-order chi connectivity index (χ1) is 16.9. The minimum absolute atomic E-state index is 0.0393. The summed E-state index contributed by atoms with van der Waals surface area (Å²) in [5.41, 5.74) is 1.68. The molecule has 0 spiro atoms. The summed E-state index contributed by atoms with van der Waals surface area (Å²) >= 11 is 5.99. The Morgan fingerprint density at radius 2 is 1.51 bits per heavy atom. The molecule has 1 fully saturated rings. The highest BCUT2D eigenvalue weighted by Gasteiger charge is 2.46. The second-order valence-electron chi connectivity index (χ2n) is 7.88. The molecule has 8 heteroatoms. The lowest BCUT2D eigenvalue weighted by Crippen LogP contribution is -2.29. The van der Waals surface area contributed by atoms with Crippen molar-refractivity contribution in [3.05, 3.63) is 94.0 Å². The van der Waals surface area contributed by atoms with Gasteiger partial charge in [-0.3, -0.25) is 9.59 Å². The number of ether oxygens (including phenoxy) is 3. The molecular formula is C27H24ClNO6. The number of Topliss-reactive ketones (excluding diaryl/α,β-unsaturated/α-hetero) is 1. The Morgan fingerprint density at radius 3 is 2.06 bits per heavy atom. The Bertz CT molecular complexity index is 1260. The highest BCUT2D eigenvalue weighted by Crippen LogP contribution is 2.46. The molecule has 1 saturated heterocycles. The number of carbonyl (C=O) groups is 2. The lowest BCUT2D eigenvalue weighted by Gasteiger charge is -2.26. The van der Waals surface area contributed by atoms with Crippen molar-refractivity contribution in [2.75, 3.05) is 21.3 Å². The molecule has 3 aromatic carbocycles. The van der Waals surface area contributed by atoms with Crippen LogP contribution in [0.4, 0.5) is 0 Å². The number of carbonyl (C=O) groups excluding carboxylic acids is 2. The molecule has 0 aromatic heterocycles. The van der Waals surface area contributed by atoms with Crippen LogP contribution < -0.4 is 14.2 Å². The van der Waals surface area contributed by atoms with Crippen molar-refractivity contribution < 1.29 is 28.9 Å². The SMILES string of the molecule is COc1cc(C2/C(=C(\O)c3ccc(Cl)cc3)C(=O)C(=O)N2Cc2ccccc2)cc(OC)c1OC. The van der Waals surface area contributed by atoms with E-state index in [9.17, 15) is 14.7 Å². The zero-order valence-electron chi connectivity index (χ0n) is 19.4. The van der Waals surface area contributed by atoms with Crippen LogP contribution in [0, 0.1) is 0 Å². The number of amides is 1. The van der Waals surface area contributed by atoms with Gasteiger partial charge in [0.05, 0.1) is 32.9 Å². The number of methoxy groups -OCH3 is 3. The summed E-state index contributed by atoms with van der Waals surface area (Å²) in [5.74, 6) is -0.710. The average Bonchev–Trinajstić information content (AvgIpc) is 3.13. The third-order valence-electron chi connectivity index (χ3n) is 5.86. The zero-order chi connectivity index (χ0) is 25.1. The molecule has 0 radical (unpaired) electrons. The first kappa shape index (κ1) is 24.2. The second kappa shape index (κ2) is 10.1. The summed E-state index contributed by atoms with van der Waals surface area (Å²) < 4.78 is 16.4. The number of hydrogen-bond acceptors (Lipinski definition) is 6. The minimum atomic E-state index is -0.903. The van der Waals surface area contributed by atoms with Gasteiger partial charge in [0.2, 0.25) is 5.75 Å². The highest BCUT2D eigenvalue weighted by atomic mass is 35.5. The Hall–Kier alpha value is -3.97. The van der Waals surface area contributed by atoms with E-state index >= 15 is 0 Å².